The van der Waals surface area contributed by atoms with Crippen molar-refractivity contribution in [2.75, 3.05) is 33.8 Å². The molecule has 0 fully saturated rings. The smallest absolute Gasteiger partial charge is 0.0809 e. The Morgan fingerprint density at radius 2 is 2.10 bits per heavy atom. The van der Waals surface area contributed by atoms with E-state index in [0.717, 1.165) is 26.1 Å². The molecule has 62 valence electrons. The van der Waals surface area contributed by atoms with Crippen molar-refractivity contribution in [2.24, 2.45) is 0 Å². The van der Waals surface area contributed by atoms with Gasteiger partial charge in [0.15, 0.2) is 0 Å². The fourth-order valence-electron chi connectivity index (χ4n) is 0.475. The summed E-state index contributed by atoms with van der Waals surface area (Å²) in [5.74, 6) is 0. The molecule has 1 N–H and O–H groups in total. The van der Waals surface area contributed by atoms with E-state index in [2.05, 4.69) is 17.3 Å². The molecular weight excluding hydrogens is 128 g/mol. The second-order valence-electron chi connectivity index (χ2n) is 2.55. The minimum absolute atomic E-state index is 0.757. The number of nitrogens with one attached hydrogen (secondary N) is 1. The van der Waals surface area contributed by atoms with Gasteiger partial charge in [-0.05, 0) is 20.5 Å². The van der Waals surface area contributed by atoms with Crippen LogP contribution in [0.15, 0.2) is 0 Å². The molecule has 0 saturated carbocycles. The molecule has 0 unspecified atom stereocenters. The third kappa shape index (κ3) is 7.88. The molecule has 0 aromatic heterocycles. The Morgan fingerprint density at radius 3 is 2.60 bits per heavy atom. The lowest BCUT2D eigenvalue weighted by Crippen LogP contribution is -2.23. The van der Waals surface area contributed by atoms with E-state index in [0.29, 0.717) is 0 Å². The number of likely N-dealkylation sites (N-methyl/N-ethyl adjacent to an activating group) is 1. The van der Waals surface area contributed by atoms with E-state index >= 15 is 0 Å². The summed E-state index contributed by atoms with van der Waals surface area (Å²) in [6, 6.07) is 0. The molecule has 0 heterocycles. The van der Waals surface area contributed by atoms with Crippen LogP contribution in [0.2, 0.25) is 0 Å². The van der Waals surface area contributed by atoms with Gasteiger partial charge < -0.3 is 9.74 Å². The van der Waals surface area contributed by atoms with Crippen LogP contribution in [-0.4, -0.2) is 38.7 Å². The van der Waals surface area contributed by atoms with Gasteiger partial charge in [0.25, 0.3) is 0 Å². The zero-order chi connectivity index (χ0) is 7.82. The Bertz CT molecular complexity index is 66.6. The summed E-state index contributed by atoms with van der Waals surface area (Å²) < 4.78 is 0. The predicted octanol–water partition coefficient (Wildman–Crippen LogP) is 0.479. The lowest BCUT2D eigenvalue weighted by atomic mass is 10.5. The lowest BCUT2D eigenvalue weighted by molar-refractivity contribution is 0.0328. The number of hydroxylamine groups is 1. The van der Waals surface area contributed by atoms with Crippen LogP contribution in [0.1, 0.15) is 13.3 Å². The van der Waals surface area contributed by atoms with E-state index < -0.39 is 0 Å². The molecule has 0 aromatic carbocycles. The highest BCUT2D eigenvalue weighted by Crippen LogP contribution is 1.75. The number of hydrogen-bond donors (Lipinski definition) is 1. The zero-order valence-electron chi connectivity index (χ0n) is 7.18. The van der Waals surface area contributed by atoms with Gasteiger partial charge in [-0.1, -0.05) is 6.92 Å². The highest BCUT2D eigenvalue weighted by atomic mass is 16.6. The Balaban J connectivity index is 2.77. The summed E-state index contributed by atoms with van der Waals surface area (Å²) in [7, 11) is 4.06. The molecule has 0 aliphatic rings. The topological polar surface area (TPSA) is 24.5 Å². The quantitative estimate of drug-likeness (QED) is 0.436. The van der Waals surface area contributed by atoms with Gasteiger partial charge >= 0.3 is 0 Å². The third-order valence-corrected chi connectivity index (χ3v) is 1.09. The normalized spacial score (nSPS) is 10.8. The minimum atomic E-state index is 0.757. The van der Waals surface area contributed by atoms with Crippen LogP contribution in [0.3, 0.4) is 0 Å². The predicted molar refractivity (Wildman–Crippen MR) is 42.8 cm³/mol. The number of hydrogen-bond acceptors (Lipinski definition) is 3. The van der Waals surface area contributed by atoms with E-state index in [1.165, 1.54) is 0 Å². The van der Waals surface area contributed by atoms with E-state index in [1.807, 2.05) is 14.1 Å². The Labute approximate surface area is 63.3 Å². The van der Waals surface area contributed by atoms with Gasteiger partial charge in [-0.15, -0.1) is 0 Å². The van der Waals surface area contributed by atoms with E-state index in [9.17, 15) is 0 Å². The average molecular weight is 146 g/mol. The largest absolute Gasteiger partial charge is 0.307 e. The molecule has 0 aliphatic heterocycles. The van der Waals surface area contributed by atoms with E-state index in [4.69, 9.17) is 4.84 Å². The molecule has 0 aromatic rings. The van der Waals surface area contributed by atoms with Gasteiger partial charge in [0.05, 0.1) is 6.61 Å². The molecule has 0 rings (SSSR count). The van der Waals surface area contributed by atoms with Crippen molar-refractivity contribution in [2.45, 2.75) is 13.3 Å². The molecule has 0 atom stereocenters. The van der Waals surface area contributed by atoms with Crippen LogP contribution in [0.5, 0.6) is 0 Å². The molecule has 0 saturated heterocycles. The monoisotopic (exact) mass is 146 g/mol. The molecule has 0 radical (unpaired) electrons. The molecule has 0 spiro atoms. The third-order valence-electron chi connectivity index (χ3n) is 1.09. The second-order valence-corrected chi connectivity index (χ2v) is 2.55. The van der Waals surface area contributed by atoms with Crippen molar-refractivity contribution in [1.82, 2.24) is 10.4 Å². The molecule has 0 amide bonds. The first kappa shape index (κ1) is 9.88. The Kier molecular flexibility index (Phi) is 6.91. The fraction of sp³-hybridized carbons (Fsp3) is 1.00. The van der Waals surface area contributed by atoms with Crippen molar-refractivity contribution in [3.05, 3.63) is 0 Å². The summed E-state index contributed by atoms with van der Waals surface area (Å²) in [5.41, 5.74) is 2.86. The zero-order valence-corrected chi connectivity index (χ0v) is 7.18. The first-order valence-electron chi connectivity index (χ1n) is 3.76. The first-order chi connectivity index (χ1) is 4.77. The van der Waals surface area contributed by atoms with Crippen LogP contribution >= 0.6 is 0 Å². The Morgan fingerprint density at radius 1 is 1.40 bits per heavy atom. The summed E-state index contributed by atoms with van der Waals surface area (Å²) in [5, 5.41) is 0. The molecule has 0 aliphatic carbocycles. The second kappa shape index (κ2) is 6.99. The van der Waals surface area contributed by atoms with Crippen LogP contribution in [0, 0.1) is 0 Å². The van der Waals surface area contributed by atoms with Crippen molar-refractivity contribution in [1.29, 1.82) is 0 Å². The average Bonchev–Trinajstić information content (AvgIpc) is 1.87. The van der Waals surface area contributed by atoms with Gasteiger partial charge in [-0.2, -0.15) is 0 Å². The SMILES string of the molecule is CCCNOCCN(C)C. The van der Waals surface area contributed by atoms with E-state index in [1.54, 1.807) is 0 Å². The van der Waals surface area contributed by atoms with Gasteiger partial charge in [-0.3, -0.25) is 0 Å². The van der Waals surface area contributed by atoms with E-state index in [-0.39, 0.29) is 0 Å². The molecule has 3 heteroatoms. The summed E-state index contributed by atoms with van der Waals surface area (Å²) in [6.07, 6.45) is 1.11. The minimum Gasteiger partial charge on any atom is -0.307 e. The molecule has 3 nitrogen and oxygen atoms in total. The first-order valence-corrected chi connectivity index (χ1v) is 3.76. The Hall–Kier alpha value is -0.120. The van der Waals surface area contributed by atoms with Gasteiger partial charge in [0.1, 0.15) is 0 Å². The maximum absolute atomic E-state index is 5.09. The van der Waals surface area contributed by atoms with Crippen molar-refractivity contribution in [3.8, 4) is 0 Å². The van der Waals surface area contributed by atoms with Crippen molar-refractivity contribution >= 4 is 0 Å². The fourth-order valence-corrected chi connectivity index (χ4v) is 0.475. The lowest BCUT2D eigenvalue weighted by Gasteiger charge is -2.09. The van der Waals surface area contributed by atoms with Crippen LogP contribution in [0.4, 0.5) is 0 Å². The van der Waals surface area contributed by atoms with Crippen LogP contribution in [-0.2, 0) is 4.84 Å². The van der Waals surface area contributed by atoms with Gasteiger partial charge in [-0.25, -0.2) is 5.48 Å². The summed E-state index contributed by atoms with van der Waals surface area (Å²) in [4.78, 5) is 7.18. The highest BCUT2D eigenvalue weighted by molar-refractivity contribution is 4.37. The highest BCUT2D eigenvalue weighted by Gasteiger charge is 1.88. The maximum atomic E-state index is 5.09. The number of nitrogens with zero attached hydrogens (tertiary/aromatic N) is 1. The molecular formula is C7H18N2O. The van der Waals surface area contributed by atoms with Gasteiger partial charge in [0, 0.05) is 13.1 Å². The van der Waals surface area contributed by atoms with Crippen molar-refractivity contribution in [3.63, 3.8) is 0 Å². The molecule has 10 heavy (non-hydrogen) atoms. The molecule has 0 bridgehead atoms. The van der Waals surface area contributed by atoms with Crippen LogP contribution < -0.4 is 5.48 Å². The maximum Gasteiger partial charge on any atom is 0.0809 e. The van der Waals surface area contributed by atoms with Gasteiger partial charge in [0.2, 0.25) is 0 Å². The van der Waals surface area contributed by atoms with Crippen molar-refractivity contribution < 1.29 is 4.84 Å². The standard InChI is InChI=1S/C7H18N2O/c1-4-5-8-10-7-6-9(2)3/h8H,4-7H2,1-3H3. The summed E-state index contributed by atoms with van der Waals surface area (Å²) in [6.45, 7) is 4.78. The van der Waals surface area contributed by atoms with Crippen LogP contribution in [0.25, 0.3) is 0 Å². The number of rotatable bonds is 6. The summed E-state index contributed by atoms with van der Waals surface area (Å²) >= 11 is 0.